The van der Waals surface area contributed by atoms with Crippen molar-refractivity contribution in [1.29, 1.82) is 1.43 Å². The van der Waals surface area contributed by atoms with Gasteiger partial charge in [-0.15, -0.1) is 0 Å². The second-order valence-electron chi connectivity index (χ2n) is 2.11. The number of hydrogen-bond donors (Lipinski definition) is 5. The Morgan fingerprint density at radius 3 is 2.54 bits per heavy atom. The molecule has 3 atom stereocenters. The Hall–Kier alpha value is -0.500. The maximum atomic E-state index is 10.5. The minimum atomic E-state index is -4.59. The van der Waals surface area contributed by atoms with E-state index in [4.69, 9.17) is 21.6 Å². The fourth-order valence-electron chi connectivity index (χ4n) is 0.426. The lowest BCUT2D eigenvalue weighted by atomic mass is 10.2. The van der Waals surface area contributed by atoms with Crippen LogP contribution in [0.3, 0.4) is 0 Å². The number of carboxylic acids is 1. The summed E-state index contributed by atoms with van der Waals surface area (Å²) in [6.07, 6.45) is -4.02. The summed E-state index contributed by atoms with van der Waals surface area (Å²) in [5.41, 5.74) is 0. The van der Waals surface area contributed by atoms with Gasteiger partial charge in [-0.3, -0.25) is 4.52 Å². The van der Waals surface area contributed by atoms with E-state index in [1.807, 2.05) is 0 Å². The Kier molecular flexibility index (Phi) is 3.79. The molecule has 8 nitrogen and oxygen atoms in total. The highest BCUT2D eigenvalue weighted by Gasteiger charge is 2.26. The molecule has 0 bridgehead atoms. The third-order valence-corrected chi connectivity index (χ3v) is 1.50. The highest BCUT2D eigenvalue weighted by molar-refractivity contribution is 7.46. The van der Waals surface area contributed by atoms with Gasteiger partial charge in [-0.2, -0.15) is 0 Å². The number of carbonyl (C=O) groups is 1. The normalized spacial score (nSPS) is 21.3. The molecular weight excluding hydrogens is 207 g/mol. The Bertz CT molecular complexity index is 243. The monoisotopic (exact) mass is 217 g/mol. The van der Waals surface area contributed by atoms with Crippen LogP contribution in [0.4, 0.5) is 0 Å². The maximum Gasteiger partial charge on any atom is 0.469 e. The molecule has 0 aromatic carbocycles. The number of aliphatic carboxylic acids is 1. The first kappa shape index (κ1) is 10.6. The summed E-state index contributed by atoms with van der Waals surface area (Å²) in [5.74, 6) is -1.71. The molecule has 0 spiro atoms. The Labute approximate surface area is 74.1 Å². The van der Waals surface area contributed by atoms with Crippen molar-refractivity contribution < 1.29 is 39.0 Å². The predicted molar refractivity (Wildman–Crippen MR) is 37.6 cm³/mol. The molecule has 5 N–H and O–H groups in total. The number of carboxylic acid groups (broad SMARTS) is 1. The topological polar surface area (TPSA) is 145 Å². The molecule has 0 radical (unpaired) electrons. The summed E-state index contributed by atoms with van der Waals surface area (Å²) in [6.45, 7) is -0.944. The molecule has 0 amide bonds. The van der Waals surface area contributed by atoms with E-state index in [1.165, 1.54) is 0 Å². The van der Waals surface area contributed by atoms with Crippen LogP contribution in [-0.2, 0) is 13.9 Å². The zero-order valence-electron chi connectivity index (χ0n) is 7.23. The van der Waals surface area contributed by atoms with Crippen LogP contribution in [0.5, 0.6) is 0 Å². The number of phosphoric ester groups is 1. The van der Waals surface area contributed by atoms with Crippen molar-refractivity contribution in [3.05, 3.63) is 0 Å². The minimum Gasteiger partial charge on any atom is -0.479 e. The van der Waals surface area contributed by atoms with Gasteiger partial charge in [0.2, 0.25) is 1.43 Å². The van der Waals surface area contributed by atoms with Gasteiger partial charge in [0.25, 0.3) is 0 Å². The second kappa shape index (κ2) is 4.66. The maximum absolute atomic E-state index is 10.5. The SMILES string of the molecule is [2H]OP(=O)(O)OC[C@@H](O)[C@@H](O)C(=O)O. The van der Waals surface area contributed by atoms with E-state index in [0.717, 1.165) is 0 Å². The van der Waals surface area contributed by atoms with Crippen LogP contribution in [-0.4, -0.2) is 51.3 Å². The molecule has 0 fully saturated rings. The van der Waals surface area contributed by atoms with Crippen LogP contribution >= 0.6 is 7.82 Å². The first-order valence-electron chi connectivity index (χ1n) is 3.42. The summed E-state index contributed by atoms with van der Waals surface area (Å²) in [6, 6.07) is 0. The van der Waals surface area contributed by atoms with Crippen LogP contribution in [0, 0.1) is 0 Å². The molecule has 0 heterocycles. The largest absolute Gasteiger partial charge is 0.479 e. The summed E-state index contributed by atoms with van der Waals surface area (Å²) in [4.78, 5) is 21.8. The molecule has 1 unspecified atom stereocenters. The van der Waals surface area contributed by atoms with Crippen LogP contribution in [0.1, 0.15) is 0 Å². The third kappa shape index (κ3) is 5.69. The van der Waals surface area contributed by atoms with E-state index < -0.39 is 32.6 Å². The van der Waals surface area contributed by atoms with E-state index >= 15 is 0 Å². The fourth-order valence-corrected chi connectivity index (χ4v) is 0.767. The fraction of sp³-hybridized carbons (Fsp3) is 0.750. The van der Waals surface area contributed by atoms with Crippen LogP contribution < -0.4 is 0 Å². The zero-order valence-corrected chi connectivity index (χ0v) is 7.13. The van der Waals surface area contributed by atoms with Crippen molar-refractivity contribution >= 4 is 13.8 Å². The second-order valence-corrected chi connectivity index (χ2v) is 3.31. The van der Waals surface area contributed by atoms with Crippen LogP contribution in [0.15, 0.2) is 0 Å². The van der Waals surface area contributed by atoms with E-state index in [9.17, 15) is 9.36 Å². The first-order chi connectivity index (χ1) is 6.30. The number of hydrogen-bond acceptors (Lipinski definition) is 6. The highest BCUT2D eigenvalue weighted by Crippen LogP contribution is 2.35. The van der Waals surface area contributed by atoms with Gasteiger partial charge in [0.05, 0.1) is 6.61 Å². The predicted octanol–water partition coefficient (Wildman–Crippen LogP) is -2.10. The minimum absolute atomic E-state index is 0.944. The van der Waals surface area contributed by atoms with Crippen molar-refractivity contribution in [1.82, 2.24) is 0 Å². The van der Waals surface area contributed by atoms with Crippen molar-refractivity contribution in [2.45, 2.75) is 12.2 Å². The molecule has 0 aliphatic heterocycles. The van der Waals surface area contributed by atoms with Crippen molar-refractivity contribution in [2.75, 3.05) is 6.61 Å². The molecule has 9 heteroatoms. The van der Waals surface area contributed by atoms with E-state index in [2.05, 4.69) is 9.42 Å². The van der Waals surface area contributed by atoms with Gasteiger partial charge in [0.15, 0.2) is 6.10 Å². The summed E-state index contributed by atoms with van der Waals surface area (Å²) < 4.78 is 20.4. The van der Waals surface area contributed by atoms with Crippen molar-refractivity contribution in [3.63, 3.8) is 0 Å². The van der Waals surface area contributed by atoms with Gasteiger partial charge in [0.1, 0.15) is 6.10 Å². The van der Waals surface area contributed by atoms with Gasteiger partial charge in [-0.1, -0.05) is 0 Å². The standard InChI is InChI=1S/C4H9O8P/c5-2(3(6)4(7)8)1-12-13(9,10)11/h2-3,5-6H,1H2,(H,7,8)(H2,9,10,11)/t2-,3-/m1/s1/i/hD. The number of aliphatic hydroxyl groups excluding tert-OH is 2. The first-order valence-corrected chi connectivity index (χ1v) is 4.51. The molecule has 13 heavy (non-hydrogen) atoms. The van der Waals surface area contributed by atoms with Crippen LogP contribution in [0.2, 0.25) is 0 Å². The molecule has 0 aromatic rings. The molecule has 0 aliphatic rings. The average molecular weight is 217 g/mol. The summed E-state index contributed by atoms with van der Waals surface area (Å²) in [5, 5.41) is 25.7. The van der Waals surface area contributed by atoms with Gasteiger partial charge in [0, 0.05) is 0 Å². The lowest BCUT2D eigenvalue weighted by Crippen LogP contribution is -2.36. The lowest BCUT2D eigenvalue weighted by Gasteiger charge is -2.13. The number of aliphatic hydroxyl groups is 2. The molecule has 0 aromatic heterocycles. The smallest absolute Gasteiger partial charge is 0.469 e. The van der Waals surface area contributed by atoms with Crippen molar-refractivity contribution in [3.8, 4) is 0 Å². The van der Waals surface area contributed by atoms with E-state index in [0.29, 0.717) is 0 Å². The molecule has 0 aliphatic carbocycles. The Morgan fingerprint density at radius 1 is 1.62 bits per heavy atom. The Balaban J connectivity index is 4.03. The zero-order chi connectivity index (χ0) is 11.4. The van der Waals surface area contributed by atoms with Gasteiger partial charge < -0.3 is 25.1 Å². The lowest BCUT2D eigenvalue weighted by molar-refractivity contribution is -0.154. The molecule has 78 valence electrons. The van der Waals surface area contributed by atoms with Crippen LogP contribution in [0.25, 0.3) is 0 Å². The Morgan fingerprint density at radius 2 is 2.15 bits per heavy atom. The van der Waals surface area contributed by atoms with Gasteiger partial charge >= 0.3 is 13.8 Å². The quantitative estimate of drug-likeness (QED) is 0.318. The highest BCUT2D eigenvalue weighted by atomic mass is 31.2. The summed E-state index contributed by atoms with van der Waals surface area (Å²) >= 11 is 0. The van der Waals surface area contributed by atoms with Gasteiger partial charge in [-0.05, 0) is 0 Å². The van der Waals surface area contributed by atoms with E-state index in [1.54, 1.807) is 0 Å². The molecule has 0 saturated carbocycles. The van der Waals surface area contributed by atoms with Gasteiger partial charge in [-0.25, -0.2) is 9.36 Å². The average Bonchev–Trinajstić information content (AvgIpc) is 2.13. The molecule has 0 saturated heterocycles. The number of phosphoric acid groups is 1. The molecular formula is C4H9O8P. The third-order valence-electron chi connectivity index (χ3n) is 1.03. The summed E-state index contributed by atoms with van der Waals surface area (Å²) in [7, 11) is -4.59. The number of rotatable bonds is 6. The van der Waals surface area contributed by atoms with E-state index in [-0.39, 0.29) is 0 Å². The molecule has 0 rings (SSSR count). The van der Waals surface area contributed by atoms with Crippen molar-refractivity contribution in [2.24, 2.45) is 0 Å².